The molecule has 0 aliphatic carbocycles. The van der Waals surface area contributed by atoms with Crippen LogP contribution in [0.15, 0.2) is 18.2 Å². The van der Waals surface area contributed by atoms with Crippen molar-refractivity contribution in [3.8, 4) is 0 Å². The van der Waals surface area contributed by atoms with Gasteiger partial charge in [0.25, 0.3) is 5.91 Å². The van der Waals surface area contributed by atoms with E-state index < -0.39 is 22.1 Å². The Hall–Kier alpha value is -2.09. The van der Waals surface area contributed by atoms with E-state index in [-0.39, 0.29) is 11.9 Å². The van der Waals surface area contributed by atoms with Gasteiger partial charge in [-0.1, -0.05) is 6.92 Å². The number of esters is 1. The molecule has 0 spiro atoms. The largest absolute Gasteiger partial charge is 0.449 e. The average molecular weight is 368 g/mol. The molecular formula is C17H24N2O5S. The van der Waals surface area contributed by atoms with Crippen LogP contribution in [0.25, 0.3) is 0 Å². The summed E-state index contributed by atoms with van der Waals surface area (Å²) in [6.07, 6.45) is 1.60. The number of fused-ring (bicyclic) bond motifs is 1. The molecule has 0 saturated carbocycles. The standard InChI is InChI=1S/C17H24N2O5S/c1-5-8-18-16(20)12(3)24-17(21)13-6-7-15-14(10-13)9-11(2)19(15)25(4,22)23/h6-7,10-12H,5,8-9H2,1-4H3,(H,18,20)/t11-,12+/m1/s1. The summed E-state index contributed by atoms with van der Waals surface area (Å²) in [6, 6.07) is 4.57. The number of benzene rings is 1. The van der Waals surface area contributed by atoms with Crippen molar-refractivity contribution in [2.45, 2.75) is 45.8 Å². The van der Waals surface area contributed by atoms with Crippen molar-refractivity contribution in [3.05, 3.63) is 29.3 Å². The van der Waals surface area contributed by atoms with Crippen LogP contribution >= 0.6 is 0 Å². The smallest absolute Gasteiger partial charge is 0.338 e. The number of nitrogens with one attached hydrogen (secondary N) is 1. The van der Waals surface area contributed by atoms with Gasteiger partial charge in [-0.2, -0.15) is 0 Å². The lowest BCUT2D eigenvalue weighted by Crippen LogP contribution is -2.36. The van der Waals surface area contributed by atoms with Gasteiger partial charge < -0.3 is 10.1 Å². The fourth-order valence-corrected chi connectivity index (χ4v) is 4.17. The highest BCUT2D eigenvalue weighted by molar-refractivity contribution is 7.92. The van der Waals surface area contributed by atoms with E-state index in [4.69, 9.17) is 4.74 Å². The molecule has 2 atom stereocenters. The average Bonchev–Trinajstić information content (AvgIpc) is 2.86. The topological polar surface area (TPSA) is 92.8 Å². The fraction of sp³-hybridized carbons (Fsp3) is 0.529. The van der Waals surface area contributed by atoms with Gasteiger partial charge in [-0.15, -0.1) is 0 Å². The van der Waals surface area contributed by atoms with Crippen molar-refractivity contribution in [2.24, 2.45) is 0 Å². The van der Waals surface area contributed by atoms with E-state index in [1.807, 2.05) is 13.8 Å². The molecule has 0 bridgehead atoms. The number of anilines is 1. The number of nitrogens with zero attached hydrogens (tertiary/aromatic N) is 1. The Bertz CT molecular complexity index is 775. The Balaban J connectivity index is 2.14. The Labute approximate surface area is 148 Å². The van der Waals surface area contributed by atoms with Crippen molar-refractivity contribution in [2.75, 3.05) is 17.1 Å². The molecule has 138 valence electrons. The molecule has 1 aromatic rings. The van der Waals surface area contributed by atoms with Crippen molar-refractivity contribution in [3.63, 3.8) is 0 Å². The number of rotatable bonds is 6. The molecule has 1 aromatic carbocycles. The lowest BCUT2D eigenvalue weighted by molar-refractivity contribution is -0.129. The van der Waals surface area contributed by atoms with Crippen molar-refractivity contribution in [1.82, 2.24) is 5.32 Å². The highest BCUT2D eigenvalue weighted by atomic mass is 32.2. The lowest BCUT2D eigenvalue weighted by Gasteiger charge is -2.22. The zero-order valence-electron chi connectivity index (χ0n) is 14.9. The number of carbonyl (C=O) groups excluding carboxylic acids is 2. The predicted molar refractivity (Wildman–Crippen MR) is 95.1 cm³/mol. The highest BCUT2D eigenvalue weighted by Crippen LogP contribution is 2.34. The first-order valence-electron chi connectivity index (χ1n) is 8.26. The van der Waals surface area contributed by atoms with Crippen molar-refractivity contribution < 1.29 is 22.7 Å². The van der Waals surface area contributed by atoms with E-state index in [0.717, 1.165) is 18.2 Å². The molecule has 8 heteroatoms. The van der Waals surface area contributed by atoms with Crippen LogP contribution in [-0.2, 0) is 26.0 Å². The first kappa shape index (κ1) is 19.2. The molecule has 1 aliphatic heterocycles. The SMILES string of the molecule is CCCNC(=O)[C@H](C)OC(=O)c1ccc2c(c1)C[C@@H](C)N2S(C)(=O)=O. The van der Waals surface area contributed by atoms with Gasteiger partial charge in [0.2, 0.25) is 10.0 Å². The third-order valence-electron chi connectivity index (χ3n) is 4.03. The van der Waals surface area contributed by atoms with Crippen LogP contribution in [0.3, 0.4) is 0 Å². The van der Waals surface area contributed by atoms with Crippen molar-refractivity contribution in [1.29, 1.82) is 0 Å². The van der Waals surface area contributed by atoms with Crippen LogP contribution in [-0.4, -0.2) is 45.2 Å². The molecule has 1 aliphatic rings. The summed E-state index contributed by atoms with van der Waals surface area (Å²) < 4.78 is 30.4. The number of hydrogen-bond donors (Lipinski definition) is 1. The second-order valence-electron chi connectivity index (χ2n) is 6.29. The van der Waals surface area contributed by atoms with Gasteiger partial charge in [0.1, 0.15) is 0 Å². The maximum Gasteiger partial charge on any atom is 0.338 e. The van der Waals surface area contributed by atoms with Crippen LogP contribution in [0.4, 0.5) is 5.69 Å². The minimum absolute atomic E-state index is 0.199. The summed E-state index contributed by atoms with van der Waals surface area (Å²) in [7, 11) is -3.37. The summed E-state index contributed by atoms with van der Waals surface area (Å²) in [5.41, 5.74) is 1.66. The van der Waals surface area contributed by atoms with E-state index in [9.17, 15) is 18.0 Å². The number of ether oxygens (including phenoxy) is 1. The Morgan fingerprint density at radius 3 is 2.68 bits per heavy atom. The maximum atomic E-state index is 12.3. The monoisotopic (exact) mass is 368 g/mol. The van der Waals surface area contributed by atoms with Gasteiger partial charge in [0.15, 0.2) is 6.10 Å². The number of amides is 1. The molecule has 0 fully saturated rings. The molecule has 1 N–H and O–H groups in total. The minimum Gasteiger partial charge on any atom is -0.449 e. The molecule has 0 unspecified atom stereocenters. The Morgan fingerprint density at radius 1 is 1.40 bits per heavy atom. The second-order valence-corrected chi connectivity index (χ2v) is 8.15. The summed E-state index contributed by atoms with van der Waals surface area (Å²) >= 11 is 0. The van der Waals surface area contributed by atoms with Gasteiger partial charge in [-0.3, -0.25) is 9.10 Å². The van der Waals surface area contributed by atoms with E-state index in [1.54, 1.807) is 12.1 Å². The number of carbonyl (C=O) groups is 2. The lowest BCUT2D eigenvalue weighted by atomic mass is 10.1. The first-order chi connectivity index (χ1) is 11.6. The Kier molecular flexibility index (Phi) is 5.72. The van der Waals surface area contributed by atoms with Gasteiger partial charge in [-0.05, 0) is 50.5 Å². The summed E-state index contributed by atoms with van der Waals surface area (Å²) in [5, 5.41) is 2.67. The maximum absolute atomic E-state index is 12.3. The van der Waals surface area contributed by atoms with E-state index >= 15 is 0 Å². The molecule has 2 rings (SSSR count). The number of sulfonamides is 1. The first-order valence-corrected chi connectivity index (χ1v) is 10.1. The van der Waals surface area contributed by atoms with Crippen LogP contribution in [0.2, 0.25) is 0 Å². The summed E-state index contributed by atoms with van der Waals surface area (Å²) in [5.74, 6) is -0.944. The van der Waals surface area contributed by atoms with Crippen LogP contribution in [0.1, 0.15) is 43.1 Å². The van der Waals surface area contributed by atoms with Gasteiger partial charge in [0, 0.05) is 12.6 Å². The zero-order chi connectivity index (χ0) is 18.8. The second kappa shape index (κ2) is 7.43. The molecule has 0 radical (unpaired) electrons. The fourth-order valence-electron chi connectivity index (χ4n) is 2.91. The quantitative estimate of drug-likeness (QED) is 0.768. The third-order valence-corrected chi connectivity index (χ3v) is 5.30. The molecule has 0 aromatic heterocycles. The Morgan fingerprint density at radius 2 is 2.08 bits per heavy atom. The van der Waals surface area contributed by atoms with Gasteiger partial charge in [0.05, 0.1) is 17.5 Å². The van der Waals surface area contributed by atoms with E-state index in [0.29, 0.717) is 24.2 Å². The van der Waals surface area contributed by atoms with E-state index in [2.05, 4.69) is 5.32 Å². The molecule has 1 heterocycles. The predicted octanol–water partition coefficient (Wildman–Crippen LogP) is 1.47. The normalized spacial score (nSPS) is 17.8. The molecule has 25 heavy (non-hydrogen) atoms. The molecular weight excluding hydrogens is 344 g/mol. The summed E-state index contributed by atoms with van der Waals surface area (Å²) in [6.45, 7) is 5.80. The van der Waals surface area contributed by atoms with Crippen molar-refractivity contribution >= 4 is 27.6 Å². The van der Waals surface area contributed by atoms with E-state index in [1.165, 1.54) is 17.3 Å². The van der Waals surface area contributed by atoms with Crippen LogP contribution < -0.4 is 9.62 Å². The van der Waals surface area contributed by atoms with Gasteiger partial charge >= 0.3 is 5.97 Å². The van der Waals surface area contributed by atoms with Crippen LogP contribution in [0.5, 0.6) is 0 Å². The highest BCUT2D eigenvalue weighted by Gasteiger charge is 2.33. The molecule has 1 amide bonds. The third kappa shape index (κ3) is 4.31. The molecule has 0 saturated heterocycles. The van der Waals surface area contributed by atoms with Crippen LogP contribution in [0, 0.1) is 0 Å². The van der Waals surface area contributed by atoms with Gasteiger partial charge in [-0.25, -0.2) is 13.2 Å². The molecule has 7 nitrogen and oxygen atoms in total. The zero-order valence-corrected chi connectivity index (χ0v) is 15.7. The number of hydrogen-bond acceptors (Lipinski definition) is 5. The summed E-state index contributed by atoms with van der Waals surface area (Å²) in [4.78, 5) is 24.0. The minimum atomic E-state index is -3.37.